The first-order valence-electron chi connectivity index (χ1n) is 12.2. The Morgan fingerprint density at radius 1 is 0.933 bits per heavy atom. The molecule has 1 heterocycles. The summed E-state index contributed by atoms with van der Waals surface area (Å²) >= 11 is 0. The molecular weight excluding hydrogens is 370 g/mol. The van der Waals surface area contributed by atoms with Gasteiger partial charge >= 0.3 is 0 Å². The van der Waals surface area contributed by atoms with Gasteiger partial charge < -0.3 is 9.64 Å². The maximum atomic E-state index is 13.2. The summed E-state index contributed by atoms with van der Waals surface area (Å²) in [6, 6.07) is 12.5. The molecule has 0 radical (unpaired) electrons. The number of carbonyl (C=O) groups is 1. The summed E-state index contributed by atoms with van der Waals surface area (Å²) < 4.78 is 6.24. The summed E-state index contributed by atoms with van der Waals surface area (Å²) in [6.45, 7) is 4.12. The van der Waals surface area contributed by atoms with Gasteiger partial charge in [0.1, 0.15) is 5.75 Å². The zero-order valence-electron chi connectivity index (χ0n) is 18.2. The highest BCUT2D eigenvalue weighted by Gasteiger charge is 2.30. The van der Waals surface area contributed by atoms with Crippen LogP contribution in [0.3, 0.4) is 0 Å². The van der Waals surface area contributed by atoms with Crippen molar-refractivity contribution in [2.24, 2.45) is 17.8 Å². The number of fused-ring (bicyclic) bond motifs is 1. The van der Waals surface area contributed by atoms with Gasteiger partial charge in [-0.25, -0.2) is 0 Å². The quantitative estimate of drug-likeness (QED) is 0.521. The highest BCUT2D eigenvalue weighted by atomic mass is 16.5. The molecule has 160 valence electrons. The van der Waals surface area contributed by atoms with Crippen molar-refractivity contribution >= 4 is 16.6 Å². The second kappa shape index (κ2) is 9.09. The largest absolute Gasteiger partial charge is 0.493 e. The monoisotopic (exact) mass is 405 g/mol. The molecule has 3 nitrogen and oxygen atoms in total. The number of ketones is 1. The molecule has 1 saturated heterocycles. The molecule has 3 aliphatic rings. The average Bonchev–Trinajstić information content (AvgIpc) is 3.61. The Labute approximate surface area is 180 Å². The Morgan fingerprint density at radius 2 is 1.80 bits per heavy atom. The first-order chi connectivity index (χ1) is 14.8. The van der Waals surface area contributed by atoms with Crippen LogP contribution in [0, 0.1) is 17.8 Å². The lowest BCUT2D eigenvalue weighted by molar-refractivity contribution is 0.0815. The van der Waals surface area contributed by atoms with E-state index in [2.05, 4.69) is 35.2 Å². The van der Waals surface area contributed by atoms with Gasteiger partial charge in [-0.2, -0.15) is 0 Å². The van der Waals surface area contributed by atoms with Gasteiger partial charge in [-0.1, -0.05) is 37.5 Å². The zero-order chi connectivity index (χ0) is 20.3. The van der Waals surface area contributed by atoms with Gasteiger partial charge in [0, 0.05) is 30.0 Å². The topological polar surface area (TPSA) is 29.5 Å². The van der Waals surface area contributed by atoms with E-state index in [1.165, 1.54) is 58.0 Å². The summed E-state index contributed by atoms with van der Waals surface area (Å²) in [4.78, 5) is 15.8. The molecule has 2 aliphatic carbocycles. The first kappa shape index (κ1) is 20.1. The van der Waals surface area contributed by atoms with Gasteiger partial charge in [0.25, 0.3) is 0 Å². The highest BCUT2D eigenvalue weighted by Crippen LogP contribution is 2.33. The Kier molecular flexibility index (Phi) is 6.08. The van der Waals surface area contributed by atoms with Crippen LogP contribution < -0.4 is 4.74 Å². The van der Waals surface area contributed by atoms with Crippen LogP contribution in [0.15, 0.2) is 36.4 Å². The zero-order valence-corrected chi connectivity index (χ0v) is 18.2. The minimum absolute atomic E-state index is 0.153. The van der Waals surface area contributed by atoms with Gasteiger partial charge in [-0.05, 0) is 80.5 Å². The summed E-state index contributed by atoms with van der Waals surface area (Å²) in [6.07, 6.45) is 11.6. The molecule has 1 aliphatic heterocycles. The summed E-state index contributed by atoms with van der Waals surface area (Å²) in [5.74, 6) is 3.03. The van der Waals surface area contributed by atoms with E-state index in [-0.39, 0.29) is 5.92 Å². The van der Waals surface area contributed by atoms with E-state index in [1.54, 1.807) is 0 Å². The fraction of sp³-hybridized carbons (Fsp3) is 0.593. The van der Waals surface area contributed by atoms with Crippen LogP contribution in [0.4, 0.5) is 0 Å². The predicted molar refractivity (Wildman–Crippen MR) is 122 cm³/mol. The SMILES string of the molecule is O=C(c1ccc2c(OCC3CCCCC3)cccc2c1)C1CCCN(CC2CC2)C1. The fourth-order valence-corrected chi connectivity index (χ4v) is 5.43. The number of hydrogen-bond donors (Lipinski definition) is 0. The van der Waals surface area contributed by atoms with Gasteiger partial charge in [0.05, 0.1) is 6.61 Å². The Morgan fingerprint density at radius 3 is 2.63 bits per heavy atom. The standard InChI is InChI=1S/C27H35NO2/c29-27(24-9-5-15-28(18-24)17-20-11-12-20)23-13-14-25-22(16-23)8-4-10-26(25)30-19-21-6-2-1-3-7-21/h4,8,10,13-14,16,20-21,24H,1-3,5-7,9,11-12,15,17-19H2. The number of nitrogens with zero attached hydrogens (tertiary/aromatic N) is 1. The molecular formula is C27H35NO2. The van der Waals surface area contributed by atoms with Crippen molar-refractivity contribution < 1.29 is 9.53 Å². The van der Waals surface area contributed by atoms with E-state index in [4.69, 9.17) is 4.74 Å². The van der Waals surface area contributed by atoms with Gasteiger partial charge in [-0.3, -0.25) is 4.79 Å². The van der Waals surface area contributed by atoms with E-state index in [0.29, 0.717) is 11.7 Å². The predicted octanol–water partition coefficient (Wildman–Crippen LogP) is 6.10. The fourth-order valence-electron chi connectivity index (χ4n) is 5.43. The van der Waals surface area contributed by atoms with Crippen molar-refractivity contribution in [1.82, 2.24) is 4.90 Å². The summed E-state index contributed by atoms with van der Waals surface area (Å²) in [5.41, 5.74) is 0.866. The maximum absolute atomic E-state index is 13.2. The van der Waals surface area contributed by atoms with Crippen LogP contribution >= 0.6 is 0 Å². The third-order valence-electron chi connectivity index (χ3n) is 7.41. The van der Waals surface area contributed by atoms with Crippen molar-refractivity contribution in [3.8, 4) is 5.75 Å². The van der Waals surface area contributed by atoms with Crippen molar-refractivity contribution in [2.75, 3.05) is 26.2 Å². The van der Waals surface area contributed by atoms with E-state index in [0.717, 1.165) is 54.0 Å². The van der Waals surface area contributed by atoms with Crippen LogP contribution in [0.5, 0.6) is 5.75 Å². The molecule has 2 aromatic rings. The van der Waals surface area contributed by atoms with E-state index < -0.39 is 0 Å². The van der Waals surface area contributed by atoms with Crippen LogP contribution in [0.1, 0.15) is 68.1 Å². The Hall–Kier alpha value is -1.87. The van der Waals surface area contributed by atoms with Gasteiger partial charge in [-0.15, -0.1) is 0 Å². The molecule has 3 fully saturated rings. The molecule has 0 N–H and O–H groups in total. The second-order valence-corrected chi connectivity index (χ2v) is 9.91. The van der Waals surface area contributed by atoms with Crippen molar-refractivity contribution in [3.05, 3.63) is 42.0 Å². The second-order valence-electron chi connectivity index (χ2n) is 9.91. The number of piperidine rings is 1. The molecule has 0 bridgehead atoms. The number of benzene rings is 2. The molecule has 0 amide bonds. The molecule has 1 unspecified atom stereocenters. The maximum Gasteiger partial charge on any atom is 0.167 e. The molecule has 5 rings (SSSR count). The number of likely N-dealkylation sites (tertiary alicyclic amines) is 1. The van der Waals surface area contributed by atoms with Crippen LogP contribution in [-0.4, -0.2) is 36.9 Å². The first-order valence-corrected chi connectivity index (χ1v) is 12.2. The minimum Gasteiger partial charge on any atom is -0.493 e. The summed E-state index contributed by atoms with van der Waals surface area (Å²) in [5, 5.41) is 2.25. The minimum atomic E-state index is 0.153. The third kappa shape index (κ3) is 4.72. The van der Waals surface area contributed by atoms with E-state index >= 15 is 0 Å². The average molecular weight is 406 g/mol. The Bertz CT molecular complexity index is 882. The normalized spacial score (nSPS) is 23.5. The molecule has 0 spiro atoms. The lowest BCUT2D eigenvalue weighted by atomic mass is 9.89. The van der Waals surface area contributed by atoms with Crippen molar-refractivity contribution in [3.63, 3.8) is 0 Å². The molecule has 2 aromatic carbocycles. The summed E-state index contributed by atoms with van der Waals surface area (Å²) in [7, 11) is 0. The number of hydrogen-bond acceptors (Lipinski definition) is 3. The van der Waals surface area contributed by atoms with Crippen LogP contribution in [0.25, 0.3) is 10.8 Å². The van der Waals surface area contributed by atoms with Crippen LogP contribution in [-0.2, 0) is 0 Å². The van der Waals surface area contributed by atoms with Gasteiger partial charge in [0.2, 0.25) is 0 Å². The van der Waals surface area contributed by atoms with Crippen molar-refractivity contribution in [2.45, 2.75) is 57.8 Å². The molecule has 2 saturated carbocycles. The van der Waals surface area contributed by atoms with E-state index in [9.17, 15) is 4.79 Å². The van der Waals surface area contributed by atoms with Gasteiger partial charge in [0.15, 0.2) is 5.78 Å². The number of Topliss-reactive ketones (excluding diaryl/α,β-unsaturated/α-hetero) is 1. The highest BCUT2D eigenvalue weighted by molar-refractivity contribution is 6.02. The van der Waals surface area contributed by atoms with Crippen LogP contribution in [0.2, 0.25) is 0 Å². The molecule has 0 aromatic heterocycles. The Balaban J connectivity index is 1.27. The molecule has 3 heteroatoms. The molecule has 30 heavy (non-hydrogen) atoms. The lowest BCUT2D eigenvalue weighted by Gasteiger charge is -2.32. The number of rotatable bonds is 7. The van der Waals surface area contributed by atoms with Crippen molar-refractivity contribution in [1.29, 1.82) is 0 Å². The number of carbonyl (C=O) groups excluding carboxylic acids is 1. The molecule has 1 atom stereocenters. The lowest BCUT2D eigenvalue weighted by Crippen LogP contribution is -2.39. The third-order valence-corrected chi connectivity index (χ3v) is 7.41. The van der Waals surface area contributed by atoms with E-state index in [1.807, 2.05) is 6.07 Å². The number of ether oxygens (including phenoxy) is 1. The smallest absolute Gasteiger partial charge is 0.167 e.